The van der Waals surface area contributed by atoms with E-state index in [9.17, 15) is 15.2 Å². The number of rotatable bonds is 6. The molecule has 0 bridgehead atoms. The lowest BCUT2D eigenvalue weighted by Crippen LogP contribution is -2.07. The Balaban J connectivity index is 1.61. The van der Waals surface area contributed by atoms with Crippen LogP contribution in [0.4, 0.5) is 5.69 Å². The number of nitrogens with zero attached hydrogens (tertiary/aromatic N) is 1. The Hall–Kier alpha value is -2.45. The minimum atomic E-state index is -0.904. The first-order chi connectivity index (χ1) is 13.7. The molecule has 0 radical (unpaired) electrons. The fourth-order valence-corrected chi connectivity index (χ4v) is 5.02. The summed E-state index contributed by atoms with van der Waals surface area (Å²) in [5.74, 6) is 0.159. The van der Waals surface area contributed by atoms with E-state index in [1.165, 1.54) is 55.2 Å². The van der Waals surface area contributed by atoms with Crippen LogP contribution in [0.1, 0.15) is 83.8 Å². The van der Waals surface area contributed by atoms with Gasteiger partial charge in [-0.05, 0) is 84.9 Å². The maximum Gasteiger partial charge on any atom is 0.335 e. The van der Waals surface area contributed by atoms with Crippen molar-refractivity contribution in [3.63, 3.8) is 0 Å². The van der Waals surface area contributed by atoms with Crippen LogP contribution in [0.15, 0.2) is 41.3 Å². The van der Waals surface area contributed by atoms with E-state index >= 15 is 0 Å². The van der Waals surface area contributed by atoms with Gasteiger partial charge in [0.2, 0.25) is 0 Å². The Labute approximate surface area is 170 Å². The molecule has 4 nitrogen and oxygen atoms in total. The second-order valence-corrected chi connectivity index (χ2v) is 8.63. The zero-order chi connectivity index (χ0) is 19.5. The number of carbonyl (C=O) groups is 1. The first-order valence-electron chi connectivity index (χ1n) is 10.00. The van der Waals surface area contributed by atoms with Crippen molar-refractivity contribution >= 4 is 23.6 Å². The quantitative estimate of drug-likeness (QED) is 0.564. The summed E-state index contributed by atoms with van der Waals surface area (Å²) >= 11 is 1.47. The number of anilines is 1. The van der Waals surface area contributed by atoms with E-state index in [-0.39, 0.29) is 0 Å². The number of hydrogen-bond donors (Lipinski definition) is 2. The predicted octanol–water partition coefficient (Wildman–Crippen LogP) is 6.30. The predicted molar refractivity (Wildman–Crippen MR) is 112 cm³/mol. The molecule has 2 aromatic rings. The van der Waals surface area contributed by atoms with Gasteiger partial charge in [-0.1, -0.05) is 31.4 Å². The van der Waals surface area contributed by atoms with Crippen molar-refractivity contribution in [2.24, 2.45) is 0 Å². The van der Waals surface area contributed by atoms with E-state index in [1.807, 2.05) is 18.2 Å². The van der Waals surface area contributed by atoms with Crippen molar-refractivity contribution in [2.75, 3.05) is 4.72 Å². The zero-order valence-electron chi connectivity index (χ0n) is 15.8. The average molecular weight is 393 g/mol. The molecule has 2 saturated carbocycles. The molecular formula is C23H24N2O2S. The van der Waals surface area contributed by atoms with Crippen molar-refractivity contribution < 1.29 is 9.90 Å². The summed E-state index contributed by atoms with van der Waals surface area (Å²) in [5.41, 5.74) is 4.43. The Morgan fingerprint density at radius 2 is 1.71 bits per heavy atom. The van der Waals surface area contributed by atoms with E-state index in [2.05, 4.69) is 16.9 Å². The minimum absolute atomic E-state index is 0.312. The number of carboxylic acids is 1. The molecule has 144 valence electrons. The standard InChI is InChI=1S/C23H24N2O2S/c24-14-15-6-10-19(16-4-2-1-3-5-16)21(12-15)25-28-22-13-18(23(26)27)9-11-20(22)17-7-8-17/h6,9-13,16-17,25H,1-5,7-8H2,(H,26,27). The van der Waals surface area contributed by atoms with Crippen LogP contribution in [-0.2, 0) is 0 Å². The van der Waals surface area contributed by atoms with Crippen molar-refractivity contribution in [3.8, 4) is 6.07 Å². The van der Waals surface area contributed by atoms with Gasteiger partial charge in [0.15, 0.2) is 0 Å². The highest BCUT2D eigenvalue weighted by molar-refractivity contribution is 8.00. The molecule has 0 aromatic heterocycles. The second kappa shape index (κ2) is 8.28. The van der Waals surface area contributed by atoms with Gasteiger partial charge in [0.05, 0.1) is 17.2 Å². The number of aromatic carboxylic acids is 1. The van der Waals surface area contributed by atoms with Gasteiger partial charge in [-0.3, -0.25) is 0 Å². The molecule has 2 aliphatic rings. The van der Waals surface area contributed by atoms with Gasteiger partial charge in [0.1, 0.15) is 0 Å². The smallest absolute Gasteiger partial charge is 0.335 e. The van der Waals surface area contributed by atoms with Gasteiger partial charge in [0, 0.05) is 10.6 Å². The third-order valence-corrected chi connectivity index (χ3v) is 6.67. The third-order valence-electron chi connectivity index (χ3n) is 5.78. The largest absolute Gasteiger partial charge is 0.478 e. The molecule has 0 amide bonds. The number of nitrogens with one attached hydrogen (secondary N) is 1. The molecule has 0 aliphatic heterocycles. The lowest BCUT2D eigenvalue weighted by molar-refractivity contribution is 0.0696. The van der Waals surface area contributed by atoms with E-state index in [1.54, 1.807) is 12.1 Å². The summed E-state index contributed by atoms with van der Waals surface area (Å²) in [4.78, 5) is 12.4. The van der Waals surface area contributed by atoms with E-state index < -0.39 is 5.97 Å². The van der Waals surface area contributed by atoms with Crippen LogP contribution < -0.4 is 4.72 Å². The summed E-state index contributed by atoms with van der Waals surface area (Å²) in [6.07, 6.45) is 8.51. The number of benzene rings is 2. The lowest BCUT2D eigenvalue weighted by Gasteiger charge is -2.25. The molecule has 2 N–H and O–H groups in total. The molecule has 4 rings (SSSR count). The molecule has 2 aliphatic carbocycles. The maximum absolute atomic E-state index is 11.4. The molecule has 0 unspecified atom stereocenters. The van der Waals surface area contributed by atoms with Crippen LogP contribution >= 0.6 is 11.9 Å². The number of hydrogen-bond acceptors (Lipinski definition) is 4. The number of carboxylic acid groups (broad SMARTS) is 1. The first kappa shape index (κ1) is 18.9. The molecule has 0 heterocycles. The zero-order valence-corrected chi connectivity index (χ0v) is 16.6. The Morgan fingerprint density at radius 3 is 2.39 bits per heavy atom. The SMILES string of the molecule is N#Cc1ccc(C2CCCCC2)c(NSc2cc(C(=O)O)ccc2C2CC2)c1. The fraction of sp³-hybridized carbons (Fsp3) is 0.391. The molecule has 2 aromatic carbocycles. The fourth-order valence-electron chi connectivity index (χ4n) is 4.08. The van der Waals surface area contributed by atoms with Crippen LogP contribution in [0.3, 0.4) is 0 Å². The Bertz CT molecular complexity index is 925. The molecule has 2 fully saturated rings. The highest BCUT2D eigenvalue weighted by atomic mass is 32.2. The molecule has 0 atom stereocenters. The van der Waals surface area contributed by atoms with Crippen molar-refractivity contribution in [2.45, 2.75) is 61.7 Å². The van der Waals surface area contributed by atoms with Crippen LogP contribution in [0.2, 0.25) is 0 Å². The lowest BCUT2D eigenvalue weighted by atomic mass is 9.83. The molecule has 0 saturated heterocycles. The minimum Gasteiger partial charge on any atom is -0.478 e. The van der Waals surface area contributed by atoms with Crippen LogP contribution in [-0.4, -0.2) is 11.1 Å². The van der Waals surface area contributed by atoms with Gasteiger partial charge >= 0.3 is 5.97 Å². The van der Waals surface area contributed by atoms with Gasteiger partial charge in [0.25, 0.3) is 0 Å². The van der Waals surface area contributed by atoms with Crippen LogP contribution in [0.5, 0.6) is 0 Å². The maximum atomic E-state index is 11.4. The van der Waals surface area contributed by atoms with Gasteiger partial charge in [-0.2, -0.15) is 5.26 Å². The first-order valence-corrected chi connectivity index (χ1v) is 10.8. The second-order valence-electron chi connectivity index (χ2n) is 7.78. The summed E-state index contributed by atoms with van der Waals surface area (Å²) < 4.78 is 3.46. The molecular weight excluding hydrogens is 368 g/mol. The van der Waals surface area contributed by atoms with Crippen LogP contribution in [0.25, 0.3) is 0 Å². The van der Waals surface area contributed by atoms with E-state index in [0.717, 1.165) is 23.4 Å². The Morgan fingerprint density at radius 1 is 1.00 bits per heavy atom. The highest BCUT2D eigenvalue weighted by Crippen LogP contribution is 2.45. The van der Waals surface area contributed by atoms with Crippen LogP contribution in [0, 0.1) is 11.3 Å². The summed E-state index contributed by atoms with van der Waals surface area (Å²) in [7, 11) is 0. The summed E-state index contributed by atoms with van der Waals surface area (Å²) in [6, 6.07) is 13.6. The normalized spacial score (nSPS) is 17.1. The Kier molecular flexibility index (Phi) is 5.59. The molecule has 5 heteroatoms. The van der Waals surface area contributed by atoms with E-state index in [4.69, 9.17) is 0 Å². The number of nitriles is 1. The van der Waals surface area contributed by atoms with Gasteiger partial charge in [-0.15, -0.1) is 0 Å². The van der Waals surface area contributed by atoms with Crippen molar-refractivity contribution in [1.29, 1.82) is 5.26 Å². The average Bonchev–Trinajstić information content (AvgIpc) is 3.57. The monoisotopic (exact) mass is 392 g/mol. The van der Waals surface area contributed by atoms with Crippen molar-refractivity contribution in [1.82, 2.24) is 0 Å². The highest BCUT2D eigenvalue weighted by Gasteiger charge is 2.27. The summed E-state index contributed by atoms with van der Waals surface area (Å²) in [5, 5.41) is 18.7. The topological polar surface area (TPSA) is 73.1 Å². The molecule has 0 spiro atoms. The third kappa shape index (κ3) is 4.18. The van der Waals surface area contributed by atoms with Gasteiger partial charge in [-0.25, -0.2) is 4.79 Å². The summed E-state index contributed by atoms with van der Waals surface area (Å²) in [6.45, 7) is 0. The van der Waals surface area contributed by atoms with Gasteiger partial charge < -0.3 is 9.83 Å². The van der Waals surface area contributed by atoms with E-state index in [0.29, 0.717) is 23.0 Å². The molecule has 28 heavy (non-hydrogen) atoms. The van der Waals surface area contributed by atoms with Crippen molar-refractivity contribution in [3.05, 3.63) is 58.7 Å².